The van der Waals surface area contributed by atoms with Gasteiger partial charge in [-0.3, -0.25) is 4.79 Å². The molecule has 31 heavy (non-hydrogen) atoms. The molecule has 0 saturated heterocycles. The molecule has 8 nitrogen and oxygen atoms in total. The number of phenolic OH excluding ortho intramolecular Hbond substituents is 2. The van der Waals surface area contributed by atoms with Gasteiger partial charge in [0.05, 0.1) is 55.3 Å². The van der Waals surface area contributed by atoms with Crippen LogP contribution in [0.15, 0.2) is 35.7 Å². The number of methoxy groups -OCH3 is 4. The fourth-order valence-corrected chi connectivity index (χ4v) is 3.94. The van der Waals surface area contributed by atoms with E-state index in [0.29, 0.717) is 17.1 Å². The first kappa shape index (κ1) is 23.8. The summed E-state index contributed by atoms with van der Waals surface area (Å²) in [5.74, 6) is 0.483. The van der Waals surface area contributed by atoms with Gasteiger partial charge in [-0.25, -0.2) is 4.21 Å². The Bertz CT molecular complexity index is 1010. The number of hydrogen-bond donors (Lipinski definition) is 2. The van der Waals surface area contributed by atoms with Gasteiger partial charge in [0.25, 0.3) is 0 Å². The molecule has 0 aliphatic heterocycles. The van der Waals surface area contributed by atoms with Crippen LogP contribution in [0.3, 0.4) is 0 Å². The Morgan fingerprint density at radius 2 is 1.26 bits per heavy atom. The van der Waals surface area contributed by atoms with Crippen molar-refractivity contribution in [2.75, 3.05) is 28.4 Å². The molecule has 0 aliphatic carbocycles. The minimum Gasteiger partial charge on any atom is -0.508 e. The van der Waals surface area contributed by atoms with E-state index in [1.54, 1.807) is 0 Å². The van der Waals surface area contributed by atoms with Crippen molar-refractivity contribution >= 4 is 27.6 Å². The van der Waals surface area contributed by atoms with Crippen LogP contribution in [0, 0.1) is 0 Å². The summed E-state index contributed by atoms with van der Waals surface area (Å²) in [5.41, 5.74) is 0.716. The maximum absolute atomic E-state index is 13.2. The second kappa shape index (κ2) is 10.5. The predicted octanol–water partition coefficient (Wildman–Crippen LogP) is 3.48. The lowest BCUT2D eigenvalue weighted by atomic mass is 10.1. The van der Waals surface area contributed by atoms with E-state index in [2.05, 4.69) is 0 Å². The Labute approximate surface area is 182 Å². The van der Waals surface area contributed by atoms with Gasteiger partial charge in [-0.05, 0) is 19.1 Å². The van der Waals surface area contributed by atoms with Crippen LogP contribution in [0.5, 0.6) is 34.5 Å². The monoisotopic (exact) mass is 448 g/mol. The molecule has 0 heterocycles. The highest BCUT2D eigenvalue weighted by molar-refractivity contribution is 7.97. The molecule has 0 bridgehead atoms. The molecule has 166 valence electrons. The molecule has 9 heteroatoms. The van der Waals surface area contributed by atoms with E-state index >= 15 is 0 Å². The van der Waals surface area contributed by atoms with Gasteiger partial charge in [-0.2, -0.15) is 0 Å². The first-order valence-corrected chi connectivity index (χ1v) is 10.2. The number of carbonyl (C=O) groups is 1. The second-order valence-electron chi connectivity index (χ2n) is 6.21. The summed E-state index contributed by atoms with van der Waals surface area (Å²) >= 11 is 0. The minimum atomic E-state index is -1.84. The number of hydrogen-bond acceptors (Lipinski definition) is 8. The van der Waals surface area contributed by atoms with Crippen molar-refractivity contribution in [2.45, 2.75) is 6.92 Å². The van der Waals surface area contributed by atoms with Crippen molar-refractivity contribution in [3.63, 3.8) is 0 Å². The zero-order chi connectivity index (χ0) is 23.1. The Kier molecular flexibility index (Phi) is 8.09. The largest absolute Gasteiger partial charge is 0.508 e. The van der Waals surface area contributed by atoms with E-state index in [1.165, 1.54) is 77.2 Å². The second-order valence-corrected chi connectivity index (χ2v) is 7.52. The standard InChI is InChI=1S/C22H24O8S/c1-13(23)8-21(22-19(29-4)11-15(25)12-20(22)30-5)31(26)7-6-16-17(27-2)9-14(24)10-18(16)28-3/h6-12,24-25H,1-5H3/b7-6?,21-8-. The summed E-state index contributed by atoms with van der Waals surface area (Å²) < 4.78 is 34.4. The smallest absolute Gasteiger partial charge is 0.153 e. The lowest BCUT2D eigenvalue weighted by Gasteiger charge is -2.15. The Hall–Kier alpha value is -3.46. The molecule has 0 fully saturated rings. The van der Waals surface area contributed by atoms with Crippen molar-refractivity contribution in [3.05, 3.63) is 46.9 Å². The van der Waals surface area contributed by atoms with Crippen LogP contribution >= 0.6 is 0 Å². The molecule has 0 radical (unpaired) electrons. The van der Waals surface area contributed by atoms with Gasteiger partial charge >= 0.3 is 0 Å². The molecule has 2 N–H and O–H groups in total. The average molecular weight is 448 g/mol. The van der Waals surface area contributed by atoms with Gasteiger partial charge in [-0.1, -0.05) is 0 Å². The van der Waals surface area contributed by atoms with E-state index in [4.69, 9.17) is 18.9 Å². The average Bonchev–Trinajstić information content (AvgIpc) is 2.74. The maximum Gasteiger partial charge on any atom is 0.153 e. The predicted molar refractivity (Wildman–Crippen MR) is 118 cm³/mol. The highest BCUT2D eigenvalue weighted by atomic mass is 32.2. The number of ether oxygens (including phenoxy) is 4. The lowest BCUT2D eigenvalue weighted by molar-refractivity contribution is -0.112. The Balaban J connectivity index is 2.62. The van der Waals surface area contributed by atoms with E-state index in [-0.39, 0.29) is 39.2 Å². The molecule has 2 aromatic rings. The summed E-state index contributed by atoms with van der Waals surface area (Å²) in [6.07, 6.45) is 2.71. The topological polar surface area (TPSA) is 112 Å². The number of aromatic hydroxyl groups is 2. The SMILES string of the molecule is COc1cc(O)cc(OC)c1C=CS(=O)/C(=C\C(C)=O)c1c(OC)cc(O)cc1OC. The summed E-state index contributed by atoms with van der Waals surface area (Å²) in [5, 5.41) is 21.0. The first-order valence-electron chi connectivity index (χ1n) is 8.97. The van der Waals surface area contributed by atoms with Crippen LogP contribution in [0.25, 0.3) is 11.0 Å². The van der Waals surface area contributed by atoms with Crippen molar-refractivity contribution in [2.24, 2.45) is 0 Å². The molecule has 1 unspecified atom stereocenters. The highest BCUT2D eigenvalue weighted by Gasteiger charge is 2.21. The number of phenols is 2. The molecule has 0 aliphatic rings. The number of ketones is 1. The zero-order valence-corrected chi connectivity index (χ0v) is 18.6. The van der Waals surface area contributed by atoms with Crippen molar-refractivity contribution in [3.8, 4) is 34.5 Å². The van der Waals surface area contributed by atoms with Crippen molar-refractivity contribution < 1.29 is 38.2 Å². The molecule has 0 saturated carbocycles. The molecule has 0 spiro atoms. The number of benzene rings is 2. The van der Waals surface area contributed by atoms with Crippen LogP contribution < -0.4 is 18.9 Å². The number of rotatable bonds is 9. The van der Waals surface area contributed by atoms with Gasteiger partial charge in [-0.15, -0.1) is 0 Å². The quantitative estimate of drug-likeness (QED) is 0.561. The minimum absolute atomic E-state index is 0.0531. The first-order chi connectivity index (χ1) is 14.7. The van der Waals surface area contributed by atoms with Crippen molar-refractivity contribution in [1.29, 1.82) is 0 Å². The van der Waals surface area contributed by atoms with Gasteiger partial charge in [0.1, 0.15) is 34.5 Å². The molecule has 0 aromatic heterocycles. The Morgan fingerprint density at radius 1 is 0.839 bits per heavy atom. The molecule has 2 rings (SSSR count). The molecule has 2 aromatic carbocycles. The van der Waals surface area contributed by atoms with Gasteiger partial charge in [0.2, 0.25) is 0 Å². The lowest BCUT2D eigenvalue weighted by Crippen LogP contribution is -2.02. The molecule has 0 amide bonds. The van der Waals surface area contributed by atoms with E-state index in [1.807, 2.05) is 0 Å². The van der Waals surface area contributed by atoms with Crippen LogP contribution in [0.2, 0.25) is 0 Å². The summed E-state index contributed by atoms with van der Waals surface area (Å²) in [7, 11) is 3.78. The fraction of sp³-hybridized carbons (Fsp3) is 0.227. The summed E-state index contributed by atoms with van der Waals surface area (Å²) in [4.78, 5) is 12.0. The highest BCUT2D eigenvalue weighted by Crippen LogP contribution is 2.41. The van der Waals surface area contributed by atoms with Crippen LogP contribution in [0.4, 0.5) is 0 Å². The van der Waals surface area contributed by atoms with Crippen LogP contribution in [-0.2, 0) is 15.6 Å². The molecular weight excluding hydrogens is 424 g/mol. The third kappa shape index (κ3) is 5.58. The Morgan fingerprint density at radius 3 is 1.65 bits per heavy atom. The van der Waals surface area contributed by atoms with Crippen LogP contribution in [0.1, 0.15) is 18.1 Å². The number of allylic oxidation sites excluding steroid dienone is 1. The van der Waals surface area contributed by atoms with Gasteiger partial charge in [0, 0.05) is 29.7 Å². The van der Waals surface area contributed by atoms with E-state index in [9.17, 15) is 19.2 Å². The fourth-order valence-electron chi connectivity index (χ4n) is 2.85. The van der Waals surface area contributed by atoms with Crippen LogP contribution in [-0.4, -0.2) is 48.6 Å². The third-order valence-corrected chi connectivity index (χ3v) is 5.31. The van der Waals surface area contributed by atoms with E-state index in [0.717, 1.165) is 0 Å². The summed E-state index contributed by atoms with van der Waals surface area (Å²) in [6.45, 7) is 1.33. The van der Waals surface area contributed by atoms with Crippen molar-refractivity contribution in [1.82, 2.24) is 0 Å². The maximum atomic E-state index is 13.2. The zero-order valence-electron chi connectivity index (χ0n) is 17.8. The molecule has 1 atom stereocenters. The summed E-state index contributed by atoms with van der Waals surface area (Å²) in [6, 6.07) is 5.45. The van der Waals surface area contributed by atoms with E-state index < -0.39 is 10.8 Å². The molecular formula is C22H24O8S. The van der Waals surface area contributed by atoms with Gasteiger partial charge in [0.15, 0.2) is 5.78 Å². The number of carbonyl (C=O) groups excluding carboxylic acids is 1. The third-order valence-electron chi connectivity index (χ3n) is 4.18. The van der Waals surface area contributed by atoms with Gasteiger partial charge < -0.3 is 29.2 Å². The normalized spacial score (nSPS) is 12.5.